The minimum absolute atomic E-state index is 0.0349. The average Bonchev–Trinajstić information content (AvgIpc) is 3.75. The number of pyridine rings is 1. The van der Waals surface area contributed by atoms with Crippen LogP contribution in [0.25, 0.3) is 0 Å². The van der Waals surface area contributed by atoms with Gasteiger partial charge in [-0.1, -0.05) is 30.5 Å². The fourth-order valence-corrected chi connectivity index (χ4v) is 6.68. The molecular formula is C33H41ClFN5O3S. The van der Waals surface area contributed by atoms with Crippen LogP contribution in [0.2, 0.25) is 5.02 Å². The maximum Gasteiger partial charge on any atom is 0.241 e. The lowest BCUT2D eigenvalue weighted by molar-refractivity contribution is -0.120. The average molecular weight is 642 g/mol. The Morgan fingerprint density at radius 1 is 1.11 bits per heavy atom. The number of carbonyl (C=O) groups excluding carboxylic acids is 1. The third kappa shape index (κ3) is 7.91. The molecule has 3 aromatic rings. The summed E-state index contributed by atoms with van der Waals surface area (Å²) < 4.78 is 31.9. The van der Waals surface area contributed by atoms with Gasteiger partial charge in [0, 0.05) is 41.0 Å². The van der Waals surface area contributed by atoms with Crippen LogP contribution in [0.5, 0.6) is 0 Å². The standard InChI is InChI=1S/C33H41ClFN5O3S/c1-32(2,3)44(43)39-33(15-12-22-4-5-22,23-13-16-36-17-14-23)24-6-11-28(35)29(18-24)38-31(42)30-19-27(41)20-40(30)21-37-26-9-7-25(34)8-10-26/h6-11,13-14,16-18,22,27,30,37,39,41H,4-5,12,15,19-21H2,1-3H3,(H,38,42)/t27-,30-,33?,44?/m1/s1. The number of carbonyl (C=O) groups is 1. The first-order valence-corrected chi connectivity index (χ1v) is 16.6. The van der Waals surface area contributed by atoms with Gasteiger partial charge in [0.25, 0.3) is 0 Å². The normalized spacial score (nSPS) is 21.1. The predicted molar refractivity (Wildman–Crippen MR) is 174 cm³/mol. The molecule has 1 aliphatic carbocycles. The molecule has 2 heterocycles. The highest BCUT2D eigenvalue weighted by Crippen LogP contribution is 2.43. The van der Waals surface area contributed by atoms with Crippen molar-refractivity contribution in [2.24, 2.45) is 5.92 Å². The summed E-state index contributed by atoms with van der Waals surface area (Å²) in [7, 11) is 0. The summed E-state index contributed by atoms with van der Waals surface area (Å²) >= 11 is 4.53. The number of halogens is 2. The van der Waals surface area contributed by atoms with Crippen molar-refractivity contribution < 1.29 is 18.8 Å². The van der Waals surface area contributed by atoms with Gasteiger partial charge in [0.1, 0.15) is 16.1 Å². The summed E-state index contributed by atoms with van der Waals surface area (Å²) in [5.74, 6) is -0.384. The minimum atomic E-state index is -1.46. The Morgan fingerprint density at radius 2 is 1.82 bits per heavy atom. The molecule has 4 atom stereocenters. The molecule has 5 rings (SSSR count). The van der Waals surface area contributed by atoms with Crippen LogP contribution in [0.3, 0.4) is 0 Å². The molecule has 1 saturated carbocycles. The highest BCUT2D eigenvalue weighted by atomic mass is 35.5. The molecule has 1 aromatic heterocycles. The predicted octanol–water partition coefficient (Wildman–Crippen LogP) is 5.80. The molecule has 44 heavy (non-hydrogen) atoms. The van der Waals surface area contributed by atoms with Gasteiger partial charge in [0.2, 0.25) is 5.91 Å². The quantitative estimate of drug-likeness (QED) is 0.185. The van der Waals surface area contributed by atoms with Gasteiger partial charge < -0.3 is 20.3 Å². The van der Waals surface area contributed by atoms with Crippen LogP contribution in [0.15, 0.2) is 67.0 Å². The number of aliphatic hydroxyl groups is 1. The number of benzene rings is 2. The third-order valence-corrected chi connectivity index (χ3v) is 10.3. The lowest BCUT2D eigenvalue weighted by Crippen LogP contribution is -2.52. The van der Waals surface area contributed by atoms with E-state index in [0.29, 0.717) is 36.1 Å². The first-order valence-electron chi connectivity index (χ1n) is 15.1. The van der Waals surface area contributed by atoms with Crippen LogP contribution in [0.1, 0.15) is 64.0 Å². The number of aromatic nitrogens is 1. The van der Waals surface area contributed by atoms with Crippen molar-refractivity contribution in [3.63, 3.8) is 0 Å². The van der Waals surface area contributed by atoms with Gasteiger partial charge >= 0.3 is 0 Å². The van der Waals surface area contributed by atoms with Gasteiger partial charge in [-0.25, -0.2) is 4.39 Å². The molecule has 236 valence electrons. The number of anilines is 2. The third-order valence-electron chi connectivity index (χ3n) is 8.35. The molecule has 11 heteroatoms. The summed E-state index contributed by atoms with van der Waals surface area (Å²) in [5.41, 5.74) is 1.52. The number of hydrogen-bond acceptors (Lipinski definition) is 7. The topological polar surface area (TPSA) is 113 Å². The Hall–Kier alpha value is -2.73. The van der Waals surface area contributed by atoms with Crippen LogP contribution < -0.4 is 15.4 Å². The fraction of sp³-hybridized carbons (Fsp3) is 0.455. The van der Waals surface area contributed by atoms with Crippen molar-refractivity contribution in [2.45, 2.75) is 75.3 Å². The zero-order valence-electron chi connectivity index (χ0n) is 25.4. The largest absolute Gasteiger partial charge is 0.598 e. The number of nitrogens with zero attached hydrogens (tertiary/aromatic N) is 2. The van der Waals surface area contributed by atoms with E-state index in [4.69, 9.17) is 11.6 Å². The Balaban J connectivity index is 1.42. The maximum absolute atomic E-state index is 15.4. The number of nitrogens with one attached hydrogen (secondary N) is 3. The Kier molecular flexibility index (Phi) is 10.2. The molecule has 4 N–H and O–H groups in total. The molecule has 1 aliphatic heterocycles. The number of amides is 1. The van der Waals surface area contributed by atoms with Gasteiger partial charge in [-0.05, 0) is 106 Å². The first-order chi connectivity index (χ1) is 20.9. The number of hydrogen-bond donors (Lipinski definition) is 4. The highest BCUT2D eigenvalue weighted by Gasteiger charge is 2.44. The van der Waals surface area contributed by atoms with Crippen molar-refractivity contribution >= 4 is 40.2 Å². The molecule has 1 saturated heterocycles. The van der Waals surface area contributed by atoms with E-state index >= 15 is 4.39 Å². The van der Waals surface area contributed by atoms with Crippen LogP contribution >= 0.6 is 11.6 Å². The maximum atomic E-state index is 15.4. The minimum Gasteiger partial charge on any atom is -0.598 e. The van der Waals surface area contributed by atoms with Crippen molar-refractivity contribution in [1.29, 1.82) is 0 Å². The molecule has 2 fully saturated rings. The van der Waals surface area contributed by atoms with Gasteiger partial charge in [-0.2, -0.15) is 0 Å². The van der Waals surface area contributed by atoms with Gasteiger partial charge in [-0.3, -0.25) is 14.7 Å². The Labute approximate surface area is 267 Å². The summed E-state index contributed by atoms with van der Waals surface area (Å²) in [6.45, 7) is 6.35. The molecule has 0 bridgehead atoms. The molecule has 2 aromatic carbocycles. The van der Waals surface area contributed by atoms with E-state index in [1.807, 2.05) is 49.9 Å². The molecule has 2 aliphatic rings. The van der Waals surface area contributed by atoms with Crippen molar-refractivity contribution in [1.82, 2.24) is 14.6 Å². The summed E-state index contributed by atoms with van der Waals surface area (Å²) in [6, 6.07) is 15.0. The summed E-state index contributed by atoms with van der Waals surface area (Å²) in [6.07, 6.45) is 6.82. The molecule has 8 nitrogen and oxygen atoms in total. The highest BCUT2D eigenvalue weighted by molar-refractivity contribution is 7.90. The van der Waals surface area contributed by atoms with E-state index in [9.17, 15) is 14.5 Å². The number of likely N-dealkylation sites (tertiary alicyclic amines) is 1. The van der Waals surface area contributed by atoms with E-state index in [-0.39, 0.29) is 12.1 Å². The Morgan fingerprint density at radius 3 is 2.48 bits per heavy atom. The van der Waals surface area contributed by atoms with E-state index in [1.165, 1.54) is 6.07 Å². The smallest absolute Gasteiger partial charge is 0.241 e. The second kappa shape index (κ2) is 13.7. The number of rotatable bonds is 12. The number of β-amino-alcohol motifs (C(OH)–C–C–N with tert-alkyl or cyclic N) is 1. The van der Waals surface area contributed by atoms with Crippen LogP contribution in [-0.4, -0.2) is 55.6 Å². The van der Waals surface area contributed by atoms with Gasteiger partial charge in [-0.15, -0.1) is 4.72 Å². The second-order valence-corrected chi connectivity index (χ2v) is 15.2. The monoisotopic (exact) mass is 641 g/mol. The summed E-state index contributed by atoms with van der Waals surface area (Å²) in [5, 5.41) is 17.1. The molecule has 0 spiro atoms. The van der Waals surface area contributed by atoms with E-state index < -0.39 is 45.5 Å². The Bertz CT molecular complexity index is 1420. The van der Waals surface area contributed by atoms with Gasteiger partial charge in [0.15, 0.2) is 0 Å². The molecule has 0 radical (unpaired) electrons. The molecule has 2 unspecified atom stereocenters. The first kappa shape index (κ1) is 32.7. The zero-order chi connectivity index (χ0) is 31.5. The van der Waals surface area contributed by atoms with Crippen LogP contribution in [0.4, 0.5) is 15.8 Å². The van der Waals surface area contributed by atoms with Crippen molar-refractivity contribution in [3.05, 3.63) is 89.0 Å². The van der Waals surface area contributed by atoms with Crippen LogP contribution in [-0.2, 0) is 21.7 Å². The van der Waals surface area contributed by atoms with Gasteiger partial charge in [0.05, 0.1) is 24.5 Å². The van der Waals surface area contributed by atoms with Crippen molar-refractivity contribution in [3.8, 4) is 0 Å². The van der Waals surface area contributed by atoms with E-state index in [2.05, 4.69) is 20.3 Å². The molecular weight excluding hydrogens is 601 g/mol. The number of aliphatic hydroxyl groups excluding tert-OH is 1. The van der Waals surface area contributed by atoms with Crippen LogP contribution in [0, 0.1) is 11.7 Å². The molecule has 1 amide bonds. The van der Waals surface area contributed by atoms with E-state index in [1.54, 1.807) is 36.7 Å². The second-order valence-electron chi connectivity index (χ2n) is 12.8. The lowest BCUT2D eigenvalue weighted by Gasteiger charge is -2.39. The lowest BCUT2D eigenvalue weighted by atomic mass is 9.79. The fourth-order valence-electron chi connectivity index (χ4n) is 5.59. The summed E-state index contributed by atoms with van der Waals surface area (Å²) in [4.78, 5) is 19.6. The van der Waals surface area contributed by atoms with E-state index in [0.717, 1.165) is 30.5 Å². The zero-order valence-corrected chi connectivity index (χ0v) is 26.9. The SMILES string of the molecule is CC(C)(C)[S+]([O-])NC(CCC1CC1)(c1ccncc1)c1ccc(F)c(NC(=O)[C@H]2C[C@@H](O)CN2CNc2ccc(Cl)cc2)c1. The van der Waals surface area contributed by atoms with Crippen molar-refractivity contribution in [2.75, 3.05) is 23.8 Å².